The summed E-state index contributed by atoms with van der Waals surface area (Å²) in [6.07, 6.45) is -1.63. The maximum absolute atomic E-state index is 12.4. The lowest BCUT2D eigenvalue weighted by atomic mass is 9.69. The lowest BCUT2D eigenvalue weighted by Crippen LogP contribution is -2.53. The van der Waals surface area contributed by atoms with Gasteiger partial charge in [0.05, 0.1) is 6.42 Å². The number of hydrogen-bond donors (Lipinski definition) is 1. The van der Waals surface area contributed by atoms with Gasteiger partial charge in [-0.25, -0.2) is 0 Å². The van der Waals surface area contributed by atoms with Crippen LogP contribution in [-0.4, -0.2) is 43.8 Å². The van der Waals surface area contributed by atoms with Crippen LogP contribution < -0.4 is 5.32 Å². The van der Waals surface area contributed by atoms with Crippen LogP contribution in [0.15, 0.2) is 0 Å². The second-order valence-electron chi connectivity index (χ2n) is 7.18. The molecule has 1 saturated carbocycles. The highest BCUT2D eigenvalue weighted by atomic mass is 19.4. The minimum Gasteiger partial charge on any atom is -0.315 e. The zero-order valence-electron chi connectivity index (χ0n) is 13.3. The minimum atomic E-state index is -4.07. The highest BCUT2D eigenvalue weighted by Gasteiger charge is 2.38. The van der Waals surface area contributed by atoms with Crippen LogP contribution in [0.1, 0.15) is 46.5 Å². The Hall–Kier alpha value is -0.290. The number of nitrogens with zero attached hydrogens (tertiary/aromatic N) is 1. The maximum Gasteiger partial charge on any atom is 0.390 e. The van der Waals surface area contributed by atoms with Crippen molar-refractivity contribution >= 4 is 0 Å². The zero-order valence-corrected chi connectivity index (χ0v) is 13.3. The average molecular weight is 294 g/mol. The van der Waals surface area contributed by atoms with Crippen molar-refractivity contribution in [2.45, 2.75) is 64.7 Å². The van der Waals surface area contributed by atoms with Crippen molar-refractivity contribution in [1.82, 2.24) is 10.2 Å². The van der Waals surface area contributed by atoms with Gasteiger partial charge in [-0.2, -0.15) is 13.2 Å². The first-order valence-corrected chi connectivity index (χ1v) is 7.49. The first-order valence-electron chi connectivity index (χ1n) is 7.49. The van der Waals surface area contributed by atoms with Crippen molar-refractivity contribution in [1.29, 1.82) is 0 Å². The van der Waals surface area contributed by atoms with Gasteiger partial charge in [-0.05, 0) is 44.7 Å². The van der Waals surface area contributed by atoms with Crippen LogP contribution in [0, 0.1) is 11.3 Å². The largest absolute Gasteiger partial charge is 0.390 e. The van der Waals surface area contributed by atoms with Gasteiger partial charge in [0.15, 0.2) is 0 Å². The summed E-state index contributed by atoms with van der Waals surface area (Å²) in [7, 11) is 3.73. The van der Waals surface area contributed by atoms with Crippen molar-refractivity contribution in [3.05, 3.63) is 0 Å². The van der Waals surface area contributed by atoms with Gasteiger partial charge in [0.25, 0.3) is 0 Å². The summed E-state index contributed by atoms with van der Waals surface area (Å²) < 4.78 is 37.2. The van der Waals surface area contributed by atoms with Crippen LogP contribution in [0.5, 0.6) is 0 Å². The Morgan fingerprint density at radius 2 is 1.75 bits per heavy atom. The summed E-state index contributed by atoms with van der Waals surface area (Å²) in [5, 5.41) is 3.28. The zero-order chi connectivity index (χ0) is 15.6. The Balaban J connectivity index is 2.66. The molecule has 5 heteroatoms. The fraction of sp³-hybridized carbons (Fsp3) is 1.00. The Bertz CT molecular complexity index is 296. The molecule has 1 fully saturated rings. The molecular formula is C15H29F3N2. The van der Waals surface area contributed by atoms with Gasteiger partial charge in [0.2, 0.25) is 0 Å². The van der Waals surface area contributed by atoms with Crippen molar-refractivity contribution < 1.29 is 13.2 Å². The lowest BCUT2D eigenvalue weighted by Gasteiger charge is -2.45. The van der Waals surface area contributed by atoms with E-state index in [0.29, 0.717) is 12.0 Å². The van der Waals surface area contributed by atoms with Crippen LogP contribution in [0.3, 0.4) is 0 Å². The van der Waals surface area contributed by atoms with Gasteiger partial charge in [0.1, 0.15) is 0 Å². The van der Waals surface area contributed by atoms with E-state index in [1.165, 1.54) is 0 Å². The number of hydrogen-bond acceptors (Lipinski definition) is 2. The van der Waals surface area contributed by atoms with E-state index in [-0.39, 0.29) is 18.0 Å². The average Bonchev–Trinajstić information content (AvgIpc) is 2.33. The summed E-state index contributed by atoms with van der Waals surface area (Å²) in [5.74, 6) is 0.574. The minimum absolute atomic E-state index is 0.0865. The summed E-state index contributed by atoms with van der Waals surface area (Å²) in [4.78, 5) is 1.90. The Morgan fingerprint density at radius 1 is 1.15 bits per heavy atom. The lowest BCUT2D eigenvalue weighted by molar-refractivity contribution is -0.139. The molecule has 3 unspecified atom stereocenters. The summed E-state index contributed by atoms with van der Waals surface area (Å²) in [6, 6.07) is 0.493. The molecule has 20 heavy (non-hydrogen) atoms. The smallest absolute Gasteiger partial charge is 0.315 e. The van der Waals surface area contributed by atoms with Crippen LogP contribution in [0.2, 0.25) is 0 Å². The molecule has 120 valence electrons. The van der Waals surface area contributed by atoms with E-state index in [0.717, 1.165) is 19.3 Å². The molecule has 0 aromatic carbocycles. The van der Waals surface area contributed by atoms with Crippen LogP contribution >= 0.6 is 0 Å². The van der Waals surface area contributed by atoms with E-state index in [2.05, 4.69) is 26.1 Å². The van der Waals surface area contributed by atoms with E-state index in [9.17, 15) is 13.2 Å². The van der Waals surface area contributed by atoms with Gasteiger partial charge in [-0.15, -0.1) is 0 Å². The Kier molecular flexibility index (Phi) is 5.90. The standard InChI is InChI=1S/C15H29F3N2/c1-14(2,3)11-6-7-12(19-4)13(10-11)20(5)9-8-15(16,17)18/h11-13,19H,6-10H2,1-5H3. The van der Waals surface area contributed by atoms with Crippen molar-refractivity contribution in [2.24, 2.45) is 11.3 Å². The quantitative estimate of drug-likeness (QED) is 0.851. The molecule has 0 heterocycles. The monoisotopic (exact) mass is 294 g/mol. The number of likely N-dealkylation sites (N-methyl/N-ethyl adjacent to an activating group) is 2. The molecule has 0 amide bonds. The molecule has 0 saturated heterocycles. The van der Waals surface area contributed by atoms with Crippen LogP contribution in [0.4, 0.5) is 13.2 Å². The SMILES string of the molecule is CNC1CCC(C(C)(C)C)CC1N(C)CCC(F)(F)F. The molecule has 1 rings (SSSR count). The van der Waals surface area contributed by atoms with E-state index < -0.39 is 12.6 Å². The molecule has 0 spiro atoms. The van der Waals surface area contributed by atoms with Crippen molar-refractivity contribution in [3.63, 3.8) is 0 Å². The highest BCUT2D eigenvalue weighted by molar-refractivity contribution is 4.93. The van der Waals surface area contributed by atoms with Gasteiger partial charge >= 0.3 is 6.18 Å². The molecule has 1 aliphatic carbocycles. The third-order valence-electron chi connectivity index (χ3n) is 4.73. The maximum atomic E-state index is 12.4. The Morgan fingerprint density at radius 3 is 2.20 bits per heavy atom. The van der Waals surface area contributed by atoms with E-state index in [4.69, 9.17) is 0 Å². The highest BCUT2D eigenvalue weighted by Crippen LogP contribution is 2.39. The molecule has 1 N–H and O–H groups in total. The van der Waals surface area contributed by atoms with E-state index in [1.54, 1.807) is 0 Å². The van der Waals surface area contributed by atoms with Crippen molar-refractivity contribution in [2.75, 3.05) is 20.6 Å². The first-order chi connectivity index (χ1) is 9.04. The molecule has 0 aromatic heterocycles. The van der Waals surface area contributed by atoms with Gasteiger partial charge in [-0.3, -0.25) is 0 Å². The molecule has 0 aromatic rings. The molecular weight excluding hydrogens is 265 g/mol. The summed E-state index contributed by atoms with van der Waals surface area (Å²) >= 11 is 0. The summed E-state index contributed by atoms with van der Waals surface area (Å²) in [6.45, 7) is 6.77. The third kappa shape index (κ3) is 5.24. The molecule has 0 aliphatic heterocycles. The van der Waals surface area contributed by atoms with Crippen LogP contribution in [0.25, 0.3) is 0 Å². The van der Waals surface area contributed by atoms with Gasteiger partial charge in [0, 0.05) is 18.6 Å². The molecule has 0 bridgehead atoms. The topological polar surface area (TPSA) is 15.3 Å². The molecule has 1 aliphatic rings. The second kappa shape index (κ2) is 6.65. The fourth-order valence-corrected chi connectivity index (χ4v) is 3.23. The summed E-state index contributed by atoms with van der Waals surface area (Å²) in [5.41, 5.74) is 0.224. The predicted molar refractivity (Wildman–Crippen MR) is 76.7 cm³/mol. The van der Waals surface area contributed by atoms with Crippen LogP contribution in [-0.2, 0) is 0 Å². The predicted octanol–water partition coefficient (Wildman–Crippen LogP) is 3.67. The number of rotatable bonds is 4. The number of halogens is 3. The number of alkyl halides is 3. The van der Waals surface area contributed by atoms with Gasteiger partial charge in [-0.1, -0.05) is 20.8 Å². The molecule has 2 nitrogen and oxygen atoms in total. The van der Waals surface area contributed by atoms with E-state index in [1.807, 2.05) is 19.0 Å². The first kappa shape index (κ1) is 17.8. The molecule has 0 radical (unpaired) electrons. The number of nitrogens with one attached hydrogen (secondary N) is 1. The fourth-order valence-electron chi connectivity index (χ4n) is 3.23. The van der Waals surface area contributed by atoms with E-state index >= 15 is 0 Å². The Labute approximate surface area is 121 Å². The third-order valence-corrected chi connectivity index (χ3v) is 4.73. The van der Waals surface area contributed by atoms with Gasteiger partial charge < -0.3 is 10.2 Å². The van der Waals surface area contributed by atoms with Crippen molar-refractivity contribution in [3.8, 4) is 0 Å². The molecule has 3 atom stereocenters. The second-order valence-corrected chi connectivity index (χ2v) is 7.18. The normalized spacial score (nSPS) is 28.9.